The first-order valence-electron chi connectivity index (χ1n) is 8.44. The minimum atomic E-state index is -2.22. The molecule has 2 bridgehead atoms. The highest BCUT2D eigenvalue weighted by atomic mass is 28.4. The van der Waals surface area contributed by atoms with E-state index in [-0.39, 0.29) is 5.04 Å². The molecule has 0 aromatic heterocycles. The van der Waals surface area contributed by atoms with Crippen LogP contribution in [0.2, 0.25) is 18.1 Å². The van der Waals surface area contributed by atoms with Crippen LogP contribution in [-0.2, 0) is 28.2 Å². The van der Waals surface area contributed by atoms with Crippen molar-refractivity contribution < 1.29 is 28.2 Å². The van der Waals surface area contributed by atoms with Gasteiger partial charge in [-0.2, -0.15) is 0 Å². The number of rotatable bonds is 3. The number of fused-ring (bicyclic) bond motifs is 2. The average molecular weight is 359 g/mol. The molecule has 6 nitrogen and oxygen atoms in total. The molecule has 24 heavy (non-hydrogen) atoms. The topological polar surface area (TPSA) is 71.1 Å². The highest BCUT2D eigenvalue weighted by Crippen LogP contribution is 2.46. The number of carbonyl (C=O) groups is 2. The van der Waals surface area contributed by atoms with Gasteiger partial charge in [0, 0.05) is 0 Å². The molecule has 0 aliphatic carbocycles. The van der Waals surface area contributed by atoms with E-state index in [4.69, 9.17) is 18.6 Å². The molecule has 2 aliphatic heterocycles. The monoisotopic (exact) mass is 358 g/mol. The van der Waals surface area contributed by atoms with E-state index in [9.17, 15) is 9.59 Å². The molecule has 0 unspecified atom stereocenters. The van der Waals surface area contributed by atoms with Crippen molar-refractivity contribution in [1.29, 1.82) is 0 Å². The summed E-state index contributed by atoms with van der Waals surface area (Å²) < 4.78 is 22.9. The Balaban J connectivity index is 2.38. The molecule has 0 aromatic carbocycles. The molecular formula is C17H30O6Si. The third-order valence-corrected chi connectivity index (χ3v) is 10.3. The predicted octanol–water partition coefficient (Wildman–Crippen LogP) is 2.80. The van der Waals surface area contributed by atoms with Crippen LogP contribution in [0.1, 0.15) is 47.5 Å². The van der Waals surface area contributed by atoms with E-state index >= 15 is 0 Å². The molecule has 2 heterocycles. The summed E-state index contributed by atoms with van der Waals surface area (Å²) in [6.45, 7) is 13.9. The van der Waals surface area contributed by atoms with Crippen LogP contribution in [0.15, 0.2) is 0 Å². The van der Waals surface area contributed by atoms with Gasteiger partial charge in [0.2, 0.25) is 5.60 Å². The van der Waals surface area contributed by atoms with Crippen LogP contribution in [0, 0.1) is 0 Å². The Morgan fingerprint density at radius 3 is 2.38 bits per heavy atom. The molecule has 138 valence electrons. The SMILES string of the molecule is COC(=O)[C@]1(C)OC(=O)[C@H](O[Si](C)(C)C(C)(C)C)[C@]2(C)CC[C@@H]1O2. The number of hydrogen-bond donors (Lipinski definition) is 0. The first kappa shape index (κ1) is 19.4. The summed E-state index contributed by atoms with van der Waals surface area (Å²) in [6, 6.07) is 0. The molecule has 7 heteroatoms. The third-order valence-electron chi connectivity index (χ3n) is 5.82. The van der Waals surface area contributed by atoms with E-state index in [1.807, 2.05) is 6.92 Å². The van der Waals surface area contributed by atoms with E-state index < -0.39 is 43.7 Å². The molecule has 2 rings (SSSR count). The Kier molecular flexibility index (Phi) is 4.70. The van der Waals surface area contributed by atoms with Crippen molar-refractivity contribution in [3.63, 3.8) is 0 Å². The molecule has 0 amide bonds. The van der Waals surface area contributed by atoms with Gasteiger partial charge in [0.1, 0.15) is 11.7 Å². The first-order valence-corrected chi connectivity index (χ1v) is 11.3. The van der Waals surface area contributed by atoms with Crippen molar-refractivity contribution in [3.8, 4) is 0 Å². The molecule has 4 atom stereocenters. The summed E-state index contributed by atoms with van der Waals surface area (Å²) in [5.74, 6) is -1.14. The fourth-order valence-electron chi connectivity index (χ4n) is 3.04. The summed E-state index contributed by atoms with van der Waals surface area (Å²) in [5.41, 5.74) is -2.22. The van der Waals surface area contributed by atoms with E-state index in [1.165, 1.54) is 7.11 Å². The first-order chi connectivity index (χ1) is 10.8. The fraction of sp³-hybridized carbons (Fsp3) is 0.882. The lowest BCUT2D eigenvalue weighted by molar-refractivity contribution is -0.189. The van der Waals surface area contributed by atoms with Gasteiger partial charge in [-0.3, -0.25) is 0 Å². The van der Waals surface area contributed by atoms with E-state index in [0.29, 0.717) is 12.8 Å². The Hall–Kier alpha value is -0.923. The second kappa shape index (κ2) is 5.81. The zero-order chi connectivity index (χ0) is 18.6. The standard InChI is InChI=1S/C17H30O6Si/c1-15(2,3)24(7,8)23-12-13(18)22-17(5,14(19)20-6)11-9-10-16(12,4)21-11/h11-12H,9-10H2,1-8H3/t11-,12-,16-,17+/m0/s1. The molecular weight excluding hydrogens is 328 g/mol. The number of cyclic esters (lactones) is 1. The maximum absolute atomic E-state index is 12.8. The van der Waals surface area contributed by atoms with Gasteiger partial charge >= 0.3 is 11.9 Å². The van der Waals surface area contributed by atoms with Crippen LogP contribution in [0.25, 0.3) is 0 Å². The van der Waals surface area contributed by atoms with Crippen LogP contribution in [-0.4, -0.2) is 50.8 Å². The van der Waals surface area contributed by atoms with E-state index in [0.717, 1.165) is 0 Å². The van der Waals surface area contributed by atoms with Gasteiger partial charge in [-0.15, -0.1) is 0 Å². The lowest BCUT2D eigenvalue weighted by atomic mass is 9.90. The van der Waals surface area contributed by atoms with E-state index in [2.05, 4.69) is 33.9 Å². The Bertz CT molecular complexity index is 540. The number of methoxy groups -OCH3 is 1. The number of esters is 2. The summed E-state index contributed by atoms with van der Waals surface area (Å²) >= 11 is 0. The fourth-order valence-corrected chi connectivity index (χ4v) is 4.33. The van der Waals surface area contributed by atoms with Crippen molar-refractivity contribution >= 4 is 20.3 Å². The average Bonchev–Trinajstić information content (AvgIpc) is 2.83. The number of carbonyl (C=O) groups excluding carboxylic acids is 2. The third kappa shape index (κ3) is 3.02. The Morgan fingerprint density at radius 2 is 1.88 bits per heavy atom. The molecule has 2 saturated heterocycles. The van der Waals surface area contributed by atoms with E-state index in [1.54, 1.807) is 6.92 Å². The van der Waals surface area contributed by atoms with Gasteiger partial charge in [0.25, 0.3) is 0 Å². The lowest BCUT2D eigenvalue weighted by Crippen LogP contribution is -2.55. The Morgan fingerprint density at radius 1 is 1.29 bits per heavy atom. The largest absolute Gasteiger partial charge is 0.466 e. The molecule has 0 spiro atoms. The summed E-state index contributed by atoms with van der Waals surface area (Å²) in [4.78, 5) is 25.1. The summed E-state index contributed by atoms with van der Waals surface area (Å²) in [6.07, 6.45) is -0.104. The minimum Gasteiger partial charge on any atom is -0.466 e. The van der Waals surface area contributed by atoms with Gasteiger partial charge in [0.15, 0.2) is 14.4 Å². The lowest BCUT2D eigenvalue weighted by Gasteiger charge is -2.42. The zero-order valence-electron chi connectivity index (χ0n) is 16.0. The molecule has 0 radical (unpaired) electrons. The van der Waals surface area contributed by atoms with Crippen molar-refractivity contribution in [2.75, 3.05) is 7.11 Å². The highest BCUT2D eigenvalue weighted by molar-refractivity contribution is 6.74. The summed E-state index contributed by atoms with van der Waals surface area (Å²) in [5, 5.41) is -0.0560. The van der Waals surface area contributed by atoms with Crippen molar-refractivity contribution in [1.82, 2.24) is 0 Å². The van der Waals surface area contributed by atoms with Gasteiger partial charge in [-0.25, -0.2) is 9.59 Å². The molecule has 0 N–H and O–H groups in total. The molecule has 0 aromatic rings. The smallest absolute Gasteiger partial charge is 0.352 e. The highest BCUT2D eigenvalue weighted by Gasteiger charge is 2.62. The Labute approximate surface area is 145 Å². The number of hydrogen-bond acceptors (Lipinski definition) is 6. The van der Waals surface area contributed by atoms with Crippen LogP contribution >= 0.6 is 0 Å². The van der Waals surface area contributed by atoms with Crippen molar-refractivity contribution in [2.45, 2.75) is 89.0 Å². The maximum Gasteiger partial charge on any atom is 0.352 e. The predicted molar refractivity (Wildman–Crippen MR) is 91.1 cm³/mol. The summed E-state index contributed by atoms with van der Waals surface area (Å²) in [7, 11) is -0.940. The second-order valence-electron chi connectivity index (χ2n) is 8.74. The van der Waals surface area contributed by atoms with Crippen LogP contribution in [0.3, 0.4) is 0 Å². The van der Waals surface area contributed by atoms with Gasteiger partial charge in [-0.05, 0) is 44.8 Å². The quantitative estimate of drug-likeness (QED) is 0.571. The van der Waals surface area contributed by atoms with Crippen molar-refractivity contribution in [2.24, 2.45) is 0 Å². The van der Waals surface area contributed by atoms with Gasteiger partial charge < -0.3 is 18.6 Å². The van der Waals surface area contributed by atoms with Gasteiger partial charge in [-0.1, -0.05) is 20.8 Å². The molecule has 2 aliphatic rings. The zero-order valence-corrected chi connectivity index (χ0v) is 17.0. The maximum atomic E-state index is 12.8. The second-order valence-corrected chi connectivity index (χ2v) is 13.5. The van der Waals surface area contributed by atoms with Gasteiger partial charge in [0.05, 0.1) is 7.11 Å². The molecule has 0 saturated carbocycles. The van der Waals surface area contributed by atoms with Crippen LogP contribution < -0.4 is 0 Å². The molecule has 2 fully saturated rings. The number of ether oxygens (including phenoxy) is 3. The van der Waals surface area contributed by atoms with Crippen LogP contribution in [0.5, 0.6) is 0 Å². The van der Waals surface area contributed by atoms with Crippen molar-refractivity contribution in [3.05, 3.63) is 0 Å². The normalized spacial score (nSPS) is 36.9. The van der Waals surface area contributed by atoms with Crippen LogP contribution in [0.4, 0.5) is 0 Å². The minimum absolute atomic E-state index is 0.0560.